The average Bonchev–Trinajstić information content (AvgIpc) is 0.911. The smallest absolute Gasteiger partial charge is 0.334 e. The predicted molar refractivity (Wildman–Crippen MR) is 441 cm³/mol. The normalized spacial score (nSPS) is 15.4. The maximum absolute atomic E-state index is 11.3. The molecule has 0 aliphatic heterocycles. The highest BCUT2D eigenvalue weighted by Gasteiger charge is 2.35. The second kappa shape index (κ2) is 55.3. The predicted octanol–water partition coefficient (Wildman–Crippen LogP) is 15.4. The minimum absolute atomic E-state index is 0.0141. The SMILES string of the molecule is C=COCCOCC(COCCC[Si](C)(C)O[Si](C)(C)C)OCC(COCCC[Si](C)(C)O[Si](C)(C)C)OCC(COCCC[Si](C)(C)O[Si](C)(C)C)OCC(COCCC[Si](C)(C)O[Si](C)(C)C)OCC(COCCC[Si](C)(OCC)OCC)OCC(O)COCCC[Si](C)(OCC)OCC. The first-order valence-corrected chi connectivity index (χ1v) is 69.9. The number of hydrogen-bond acceptors (Lipinski definition) is 22. The summed E-state index contributed by atoms with van der Waals surface area (Å²) in [5.74, 6) is 0. The van der Waals surface area contributed by atoms with Crippen molar-refractivity contribution in [2.45, 2.75) is 283 Å². The molecule has 0 saturated carbocycles. The maximum atomic E-state index is 11.3. The van der Waals surface area contributed by atoms with Gasteiger partial charge in [0.1, 0.15) is 43.2 Å². The van der Waals surface area contributed by atoms with E-state index in [1.54, 1.807) is 0 Å². The van der Waals surface area contributed by atoms with Crippen molar-refractivity contribution in [3.05, 3.63) is 12.8 Å². The molecule has 0 spiro atoms. The number of ether oxygens (including phenoxy) is 13. The van der Waals surface area contributed by atoms with Crippen LogP contribution in [0, 0.1) is 0 Å². The first-order valence-electron chi connectivity index (χ1n) is 38.8. The van der Waals surface area contributed by atoms with Gasteiger partial charge in [0.15, 0.2) is 66.5 Å². The molecule has 1 N–H and O–H groups in total. The van der Waals surface area contributed by atoms with Crippen molar-refractivity contribution < 1.29 is 101 Å². The third-order valence-corrected chi connectivity index (χ3v) is 46.4. The first kappa shape index (κ1) is 103. The van der Waals surface area contributed by atoms with E-state index in [1.165, 1.54) is 6.26 Å². The van der Waals surface area contributed by atoms with Gasteiger partial charge in [-0.05, 0) is 247 Å². The van der Waals surface area contributed by atoms with Crippen LogP contribution in [0.2, 0.25) is 180 Å². The van der Waals surface area contributed by atoms with Gasteiger partial charge in [-0.25, -0.2) is 0 Å². The van der Waals surface area contributed by atoms with Crippen LogP contribution in [0.25, 0.3) is 0 Å². The number of aliphatic hydroxyl groups is 1. The van der Waals surface area contributed by atoms with Crippen molar-refractivity contribution in [1.29, 1.82) is 0 Å². The second-order valence-electron chi connectivity index (χ2n) is 33.5. The van der Waals surface area contributed by atoms with E-state index >= 15 is 0 Å². The molecule has 612 valence electrons. The third-order valence-electron chi connectivity index (χ3n) is 15.4. The fourth-order valence-electron chi connectivity index (χ4n) is 12.2. The Bertz CT molecular complexity index is 2010. The summed E-state index contributed by atoms with van der Waals surface area (Å²) in [4.78, 5) is 0. The Hall–Kier alpha value is 0.869. The van der Waals surface area contributed by atoms with Crippen molar-refractivity contribution in [3.8, 4) is 0 Å². The molecule has 0 fully saturated rings. The first-order chi connectivity index (χ1) is 47.4. The summed E-state index contributed by atoms with van der Waals surface area (Å²) in [7, 11) is -19.1. The van der Waals surface area contributed by atoms with Crippen LogP contribution in [0.1, 0.15) is 66.2 Å². The zero-order valence-corrected chi connectivity index (χ0v) is 80.2. The lowest BCUT2D eigenvalue weighted by molar-refractivity contribution is -0.151. The molecular formula is C70H160O22Si10. The summed E-state index contributed by atoms with van der Waals surface area (Å²) in [6.07, 6.45) is 3.04. The maximum Gasteiger partial charge on any atom is 0.334 e. The molecule has 0 aromatic carbocycles. The molecule has 0 saturated heterocycles. The fourth-order valence-corrected chi connectivity index (χ4v) is 49.1. The van der Waals surface area contributed by atoms with E-state index in [9.17, 15) is 5.11 Å². The van der Waals surface area contributed by atoms with Gasteiger partial charge in [0.2, 0.25) is 0 Å². The standard InChI is InChI=1S/C70H160O22Si10/c1-28-72-45-46-79-56-66(55-74-39-33-47-97(18,19)89-93(6,7)8)81-62-68(58-75-40-34-48-98(20,21)90-94(9,10)11)83-64-70(60-77-42-36-50-100(24,25)92-96(15,16)17)84-63-69(59-76-41-35-49-99(22,23)91-95(12,13)14)82-61-67(57-78-44-38-52-102(27,87-31-4)88-32-5)80-54-65(71)53-73-43-37-51-101(26,85-29-2)86-30-3/h28,65-71H,1,29-64H2,2-27H3. The van der Waals surface area contributed by atoms with E-state index in [0.29, 0.717) is 92.5 Å². The van der Waals surface area contributed by atoms with Gasteiger partial charge >= 0.3 is 17.1 Å². The largest absolute Gasteiger partial charge is 0.499 e. The van der Waals surface area contributed by atoms with Crippen molar-refractivity contribution in [3.63, 3.8) is 0 Å². The van der Waals surface area contributed by atoms with Crippen LogP contribution in [0.15, 0.2) is 12.8 Å². The van der Waals surface area contributed by atoms with E-state index < -0.39 is 120 Å². The van der Waals surface area contributed by atoms with E-state index in [4.69, 9.17) is 95.7 Å². The van der Waals surface area contributed by atoms with Crippen LogP contribution >= 0.6 is 0 Å². The van der Waals surface area contributed by atoms with Gasteiger partial charge in [0, 0.05) is 66.1 Å². The van der Waals surface area contributed by atoms with Crippen LogP contribution in [-0.2, 0) is 95.7 Å². The summed E-state index contributed by atoms with van der Waals surface area (Å²) < 4.78 is 135. The van der Waals surface area contributed by atoms with Gasteiger partial charge in [-0.1, -0.05) is 6.58 Å². The Morgan fingerprint density at radius 1 is 0.275 bits per heavy atom. The highest BCUT2D eigenvalue weighted by atomic mass is 28.4. The van der Waals surface area contributed by atoms with Gasteiger partial charge in [0.05, 0.1) is 92.2 Å². The van der Waals surface area contributed by atoms with Crippen molar-refractivity contribution in [1.82, 2.24) is 0 Å². The molecule has 0 aromatic rings. The average molecular weight is 1630 g/mol. The van der Waals surface area contributed by atoms with Crippen molar-refractivity contribution >= 4 is 83.7 Å². The fraction of sp³-hybridized carbons (Fsp3) is 0.971. The zero-order chi connectivity index (χ0) is 77.5. The van der Waals surface area contributed by atoms with E-state index in [2.05, 4.69) is 151 Å². The van der Waals surface area contributed by atoms with Crippen LogP contribution in [0.5, 0.6) is 0 Å². The molecule has 22 nitrogen and oxygen atoms in total. The second-order valence-corrected chi connectivity index (χ2v) is 76.4. The summed E-state index contributed by atoms with van der Waals surface area (Å²) >= 11 is 0. The molecule has 0 aliphatic carbocycles. The molecule has 0 heterocycles. The molecule has 0 amide bonds. The Labute approximate surface area is 635 Å². The van der Waals surface area contributed by atoms with E-state index in [1.807, 2.05) is 27.7 Å². The summed E-state index contributed by atoms with van der Waals surface area (Å²) in [6, 6.07) is 5.52. The topological polar surface area (TPSA) is 214 Å². The molecule has 0 aliphatic rings. The molecule has 6 atom stereocenters. The summed E-state index contributed by atoms with van der Waals surface area (Å²) in [5, 5.41) is 11.3. The van der Waals surface area contributed by atoms with E-state index in [0.717, 1.165) is 74.8 Å². The highest BCUT2D eigenvalue weighted by Crippen LogP contribution is 2.25. The minimum atomic E-state index is -2.36. The number of hydrogen-bond donors (Lipinski definition) is 1. The lowest BCUT2D eigenvalue weighted by atomic mass is 10.3. The monoisotopic (exact) mass is 1630 g/mol. The summed E-state index contributed by atoms with van der Waals surface area (Å²) in [5.41, 5.74) is 0. The zero-order valence-electron chi connectivity index (χ0n) is 70.2. The molecule has 0 radical (unpaired) electrons. The van der Waals surface area contributed by atoms with Gasteiger partial charge < -0.3 is 101 Å². The quantitative estimate of drug-likeness (QED) is 0.0340. The van der Waals surface area contributed by atoms with Crippen molar-refractivity contribution in [2.75, 3.05) is 159 Å². The lowest BCUT2D eigenvalue weighted by Crippen LogP contribution is -2.42. The molecule has 0 rings (SSSR count). The van der Waals surface area contributed by atoms with Gasteiger partial charge in [-0.15, -0.1) is 0 Å². The van der Waals surface area contributed by atoms with Gasteiger partial charge in [-0.3, -0.25) is 0 Å². The van der Waals surface area contributed by atoms with Gasteiger partial charge in [0.25, 0.3) is 0 Å². The number of rotatable bonds is 73. The van der Waals surface area contributed by atoms with Crippen LogP contribution in [0.4, 0.5) is 0 Å². The minimum Gasteiger partial charge on any atom is -0.499 e. The third kappa shape index (κ3) is 62.5. The van der Waals surface area contributed by atoms with Crippen LogP contribution in [0.3, 0.4) is 0 Å². The van der Waals surface area contributed by atoms with Gasteiger partial charge in [-0.2, -0.15) is 0 Å². The molecule has 0 aromatic heterocycles. The lowest BCUT2D eigenvalue weighted by Gasteiger charge is -2.32. The highest BCUT2D eigenvalue weighted by molar-refractivity contribution is 6.86. The van der Waals surface area contributed by atoms with E-state index in [-0.39, 0.29) is 66.1 Å². The van der Waals surface area contributed by atoms with Crippen molar-refractivity contribution in [2.24, 2.45) is 0 Å². The van der Waals surface area contributed by atoms with Crippen LogP contribution < -0.4 is 0 Å². The molecular weight excluding hydrogens is 1470 g/mol. The molecule has 32 heteroatoms. The van der Waals surface area contributed by atoms with Crippen LogP contribution in [-0.4, -0.2) is 284 Å². The number of aliphatic hydroxyl groups excluding tert-OH is 1. The Morgan fingerprint density at radius 3 is 0.725 bits per heavy atom. The molecule has 0 bridgehead atoms. The molecule has 102 heavy (non-hydrogen) atoms. The summed E-state index contributed by atoms with van der Waals surface area (Å²) in [6.45, 7) is 70.1. The Kier molecular flexibility index (Phi) is 55.8. The molecule has 6 unspecified atom stereocenters. The Balaban J connectivity index is 7.26. The Morgan fingerprint density at radius 2 is 0.490 bits per heavy atom.